The van der Waals surface area contributed by atoms with Crippen LogP contribution in [0.1, 0.15) is 39.3 Å². The highest BCUT2D eigenvalue weighted by Gasteiger charge is 2.35. The van der Waals surface area contributed by atoms with E-state index in [1.54, 1.807) is 4.90 Å². The minimum Gasteiger partial charge on any atom is -0.444 e. The molecule has 1 aliphatic rings. The van der Waals surface area contributed by atoms with Gasteiger partial charge >= 0.3 is 6.09 Å². The first kappa shape index (κ1) is 15.8. The fraction of sp³-hybridized carbons (Fsp3) is 0.733. The van der Waals surface area contributed by atoms with Gasteiger partial charge in [-0.05, 0) is 27.7 Å². The lowest BCUT2D eigenvalue weighted by molar-refractivity contribution is 0.00746. The monoisotopic (exact) mass is 295 g/mol. The number of imidazole rings is 1. The molecule has 2 heterocycles. The van der Waals surface area contributed by atoms with Gasteiger partial charge in [-0.25, -0.2) is 9.78 Å². The second-order valence-corrected chi connectivity index (χ2v) is 6.29. The van der Waals surface area contributed by atoms with Gasteiger partial charge < -0.3 is 18.9 Å². The van der Waals surface area contributed by atoms with Gasteiger partial charge in [-0.15, -0.1) is 0 Å². The molecule has 0 atom stereocenters. The van der Waals surface area contributed by atoms with Crippen LogP contribution < -0.4 is 0 Å². The van der Waals surface area contributed by atoms with Crippen molar-refractivity contribution >= 4 is 6.09 Å². The molecule has 21 heavy (non-hydrogen) atoms. The van der Waals surface area contributed by atoms with E-state index in [9.17, 15) is 4.79 Å². The van der Waals surface area contributed by atoms with Crippen molar-refractivity contribution in [3.05, 3.63) is 18.2 Å². The number of aromatic nitrogens is 2. The molecule has 0 aromatic carbocycles. The van der Waals surface area contributed by atoms with E-state index in [1.807, 2.05) is 40.2 Å². The molecule has 0 N–H and O–H groups in total. The smallest absolute Gasteiger partial charge is 0.410 e. The van der Waals surface area contributed by atoms with E-state index in [4.69, 9.17) is 9.47 Å². The van der Waals surface area contributed by atoms with E-state index >= 15 is 0 Å². The number of likely N-dealkylation sites (tertiary alicyclic amines) is 1. The molecule has 2 rings (SSSR count). The lowest BCUT2D eigenvalue weighted by Gasteiger charge is -2.39. The van der Waals surface area contributed by atoms with E-state index in [2.05, 4.69) is 9.55 Å². The van der Waals surface area contributed by atoms with Gasteiger partial charge in [0.1, 0.15) is 5.60 Å². The van der Waals surface area contributed by atoms with Crippen LogP contribution in [0.15, 0.2) is 12.5 Å². The lowest BCUT2D eigenvalue weighted by atomic mass is 9.97. The number of ether oxygens (including phenoxy) is 2. The van der Waals surface area contributed by atoms with Gasteiger partial charge in [0.15, 0.2) is 0 Å². The van der Waals surface area contributed by atoms with Crippen LogP contribution >= 0.6 is 0 Å². The summed E-state index contributed by atoms with van der Waals surface area (Å²) in [6, 6.07) is 0. The molecule has 0 saturated carbocycles. The molecule has 6 heteroatoms. The van der Waals surface area contributed by atoms with E-state index in [0.717, 1.165) is 18.8 Å². The fourth-order valence-corrected chi connectivity index (χ4v) is 2.31. The van der Waals surface area contributed by atoms with Gasteiger partial charge in [0, 0.05) is 44.0 Å². The summed E-state index contributed by atoms with van der Waals surface area (Å²) in [7, 11) is 0. The predicted octanol–water partition coefficient (Wildman–Crippen LogP) is 2.25. The normalized spacial score (nSPS) is 15.9. The maximum atomic E-state index is 11.9. The Morgan fingerprint density at radius 3 is 2.76 bits per heavy atom. The van der Waals surface area contributed by atoms with Gasteiger partial charge in [-0.1, -0.05) is 0 Å². The first-order valence-corrected chi connectivity index (χ1v) is 7.46. The molecule has 0 aliphatic carbocycles. The van der Waals surface area contributed by atoms with Crippen molar-refractivity contribution < 1.29 is 14.3 Å². The Labute approximate surface area is 126 Å². The van der Waals surface area contributed by atoms with Crippen LogP contribution in [0.2, 0.25) is 0 Å². The minimum absolute atomic E-state index is 0.237. The van der Waals surface area contributed by atoms with Gasteiger partial charge in [0.2, 0.25) is 0 Å². The average Bonchev–Trinajstić information content (AvgIpc) is 2.73. The van der Waals surface area contributed by atoms with E-state index in [-0.39, 0.29) is 6.09 Å². The summed E-state index contributed by atoms with van der Waals surface area (Å²) in [5, 5.41) is 0. The van der Waals surface area contributed by atoms with Crippen LogP contribution in [0.25, 0.3) is 0 Å². The number of nitrogens with zero attached hydrogens (tertiary/aromatic N) is 3. The molecule has 1 saturated heterocycles. The third kappa shape index (κ3) is 4.20. The maximum Gasteiger partial charge on any atom is 0.410 e. The minimum atomic E-state index is -0.443. The molecule has 118 valence electrons. The van der Waals surface area contributed by atoms with Crippen LogP contribution in [0.5, 0.6) is 0 Å². The number of hydrogen-bond acceptors (Lipinski definition) is 4. The van der Waals surface area contributed by atoms with Crippen molar-refractivity contribution in [1.82, 2.24) is 14.5 Å². The summed E-state index contributed by atoms with van der Waals surface area (Å²) >= 11 is 0. The standard InChI is InChI=1S/C15H25N3O3/c1-5-20-7-6-17-11-16-8-13(17)12-9-18(10-12)14(19)21-15(2,3)4/h8,11-12H,5-7,9-10H2,1-4H3. The van der Waals surface area contributed by atoms with Crippen molar-refractivity contribution in [3.63, 3.8) is 0 Å². The highest BCUT2D eigenvalue weighted by Crippen LogP contribution is 2.28. The quantitative estimate of drug-likeness (QED) is 0.782. The Morgan fingerprint density at radius 1 is 1.43 bits per heavy atom. The van der Waals surface area contributed by atoms with Crippen molar-refractivity contribution in [2.75, 3.05) is 26.3 Å². The molecular weight excluding hydrogens is 270 g/mol. The zero-order chi connectivity index (χ0) is 15.5. The second kappa shape index (κ2) is 6.47. The van der Waals surface area contributed by atoms with Crippen LogP contribution in [-0.4, -0.2) is 52.4 Å². The molecule has 0 bridgehead atoms. The van der Waals surface area contributed by atoms with Crippen LogP contribution in [0.3, 0.4) is 0 Å². The number of rotatable bonds is 5. The van der Waals surface area contributed by atoms with Crippen molar-refractivity contribution in [3.8, 4) is 0 Å². The average molecular weight is 295 g/mol. The van der Waals surface area contributed by atoms with Crippen LogP contribution in [0.4, 0.5) is 4.79 Å². The number of hydrogen-bond donors (Lipinski definition) is 0. The molecule has 1 amide bonds. The van der Waals surface area contributed by atoms with Gasteiger partial charge in [0.05, 0.1) is 12.9 Å². The molecule has 1 fully saturated rings. The summed E-state index contributed by atoms with van der Waals surface area (Å²) < 4.78 is 12.8. The Hall–Kier alpha value is -1.56. The maximum absolute atomic E-state index is 11.9. The fourth-order valence-electron chi connectivity index (χ4n) is 2.31. The van der Waals surface area contributed by atoms with Crippen LogP contribution in [0, 0.1) is 0 Å². The lowest BCUT2D eigenvalue weighted by Crippen LogP contribution is -2.50. The third-order valence-corrected chi connectivity index (χ3v) is 3.38. The van der Waals surface area contributed by atoms with E-state index in [0.29, 0.717) is 25.6 Å². The largest absolute Gasteiger partial charge is 0.444 e. The van der Waals surface area contributed by atoms with Crippen molar-refractivity contribution in [2.24, 2.45) is 0 Å². The van der Waals surface area contributed by atoms with Gasteiger partial charge in [0.25, 0.3) is 0 Å². The molecule has 0 spiro atoms. The summed E-state index contributed by atoms with van der Waals surface area (Å²) in [6.45, 7) is 11.2. The zero-order valence-electron chi connectivity index (χ0n) is 13.3. The summed E-state index contributed by atoms with van der Waals surface area (Å²) in [5.41, 5.74) is 0.719. The molecule has 1 aliphatic heterocycles. The molecular formula is C15H25N3O3. The molecule has 6 nitrogen and oxygen atoms in total. The predicted molar refractivity (Wildman–Crippen MR) is 79.3 cm³/mol. The van der Waals surface area contributed by atoms with E-state index in [1.165, 1.54) is 0 Å². The summed E-state index contributed by atoms with van der Waals surface area (Å²) in [6.07, 6.45) is 3.47. The van der Waals surface area contributed by atoms with Crippen molar-refractivity contribution in [2.45, 2.75) is 45.8 Å². The van der Waals surface area contributed by atoms with Crippen LogP contribution in [-0.2, 0) is 16.0 Å². The highest BCUT2D eigenvalue weighted by atomic mass is 16.6. The second-order valence-electron chi connectivity index (χ2n) is 6.29. The first-order valence-electron chi connectivity index (χ1n) is 7.46. The van der Waals surface area contributed by atoms with Crippen molar-refractivity contribution in [1.29, 1.82) is 0 Å². The zero-order valence-corrected chi connectivity index (χ0v) is 13.3. The highest BCUT2D eigenvalue weighted by molar-refractivity contribution is 5.69. The summed E-state index contributed by atoms with van der Waals surface area (Å²) in [5.74, 6) is 0.335. The topological polar surface area (TPSA) is 56.6 Å². The van der Waals surface area contributed by atoms with E-state index < -0.39 is 5.60 Å². The van der Waals surface area contributed by atoms with Gasteiger partial charge in [-0.2, -0.15) is 0 Å². The number of carbonyl (C=O) groups is 1. The Balaban J connectivity index is 1.84. The SMILES string of the molecule is CCOCCn1cncc1C1CN(C(=O)OC(C)(C)C)C1. The molecule has 0 unspecified atom stereocenters. The number of amides is 1. The van der Waals surface area contributed by atoms with Gasteiger partial charge in [-0.3, -0.25) is 0 Å². The number of carbonyl (C=O) groups excluding carboxylic acids is 1. The molecule has 1 aromatic rings. The summed E-state index contributed by atoms with van der Waals surface area (Å²) in [4.78, 5) is 17.9. The Kier molecular flexibility index (Phi) is 4.88. The Morgan fingerprint density at radius 2 is 2.14 bits per heavy atom. The molecule has 0 radical (unpaired) electrons. The Bertz CT molecular complexity index is 473. The first-order chi connectivity index (χ1) is 9.90. The third-order valence-electron chi connectivity index (χ3n) is 3.38. The molecule has 1 aromatic heterocycles.